The largest absolute Gasteiger partial charge is 0.497 e. The molecule has 0 unspecified atom stereocenters. The van der Waals surface area contributed by atoms with Crippen molar-refractivity contribution in [3.05, 3.63) is 24.3 Å². The van der Waals surface area contributed by atoms with Crippen LogP contribution in [0.2, 0.25) is 0 Å². The Balaban J connectivity index is 1.77. The van der Waals surface area contributed by atoms with E-state index in [9.17, 15) is 4.79 Å². The van der Waals surface area contributed by atoms with E-state index in [1.54, 1.807) is 7.11 Å². The van der Waals surface area contributed by atoms with E-state index in [4.69, 9.17) is 9.15 Å². The minimum Gasteiger partial charge on any atom is -0.497 e. The number of likely N-dealkylation sites (N-methyl/N-ethyl adjacent to an activating group) is 1. The van der Waals surface area contributed by atoms with Crippen LogP contribution in [0.1, 0.15) is 13.8 Å². The lowest BCUT2D eigenvalue weighted by molar-refractivity contribution is -0.118. The number of thioether (sulfide) groups is 1. The molecule has 0 aliphatic heterocycles. The molecule has 1 N–H and O–H groups in total. The summed E-state index contributed by atoms with van der Waals surface area (Å²) < 4.78 is 10.7. The molecule has 1 aromatic carbocycles. The fraction of sp³-hybridized carbons (Fsp3) is 0.471. The summed E-state index contributed by atoms with van der Waals surface area (Å²) in [5.41, 5.74) is 0.809. The molecule has 8 heteroatoms. The molecule has 2 rings (SSSR count). The molecule has 1 aromatic heterocycles. The number of aromatic nitrogens is 2. The average molecular weight is 364 g/mol. The summed E-state index contributed by atoms with van der Waals surface area (Å²) >= 11 is 1.23. The van der Waals surface area contributed by atoms with Crippen molar-refractivity contribution in [2.24, 2.45) is 0 Å². The third-order valence-corrected chi connectivity index (χ3v) is 4.53. The van der Waals surface area contributed by atoms with Crippen LogP contribution in [-0.4, -0.2) is 60.0 Å². The SMILES string of the molecule is CCN(CC)CCNC(=O)CSc1nnc(-c2ccc(OC)cc2)o1. The predicted octanol–water partition coefficient (Wildman–Crippen LogP) is 2.30. The van der Waals surface area contributed by atoms with Crippen LogP contribution in [0, 0.1) is 0 Å². The average Bonchev–Trinajstić information content (AvgIpc) is 3.12. The number of nitrogens with one attached hydrogen (secondary N) is 1. The normalized spacial score (nSPS) is 10.9. The first-order valence-electron chi connectivity index (χ1n) is 8.26. The number of carbonyl (C=O) groups excluding carboxylic acids is 1. The lowest BCUT2D eigenvalue weighted by atomic mass is 10.2. The Morgan fingerprint density at radius 1 is 1.24 bits per heavy atom. The van der Waals surface area contributed by atoms with Crippen molar-refractivity contribution in [2.75, 3.05) is 39.0 Å². The van der Waals surface area contributed by atoms with Crippen molar-refractivity contribution < 1.29 is 13.9 Å². The Morgan fingerprint density at radius 3 is 2.60 bits per heavy atom. The van der Waals surface area contributed by atoms with Gasteiger partial charge in [-0.05, 0) is 37.4 Å². The van der Waals surface area contributed by atoms with Gasteiger partial charge >= 0.3 is 0 Å². The molecule has 0 radical (unpaired) electrons. The molecule has 0 aliphatic carbocycles. The smallest absolute Gasteiger partial charge is 0.277 e. The topological polar surface area (TPSA) is 80.5 Å². The zero-order valence-corrected chi connectivity index (χ0v) is 15.6. The second kappa shape index (κ2) is 10.0. The van der Waals surface area contributed by atoms with Gasteiger partial charge in [0.05, 0.1) is 12.9 Å². The second-order valence-electron chi connectivity index (χ2n) is 5.27. The Morgan fingerprint density at radius 2 is 1.96 bits per heavy atom. The molecule has 136 valence electrons. The molecule has 25 heavy (non-hydrogen) atoms. The molecular formula is C17H24N4O3S. The summed E-state index contributed by atoms with van der Waals surface area (Å²) in [6.07, 6.45) is 0. The van der Waals surface area contributed by atoms with Crippen molar-refractivity contribution in [3.8, 4) is 17.2 Å². The molecule has 0 saturated heterocycles. The summed E-state index contributed by atoms with van der Waals surface area (Å²) in [6.45, 7) is 7.68. The van der Waals surface area contributed by atoms with Crippen LogP contribution in [-0.2, 0) is 4.79 Å². The van der Waals surface area contributed by atoms with Gasteiger partial charge in [-0.15, -0.1) is 10.2 Å². The molecule has 0 aliphatic rings. The maximum atomic E-state index is 11.9. The Labute approximate surface area is 152 Å². The number of ether oxygens (including phenoxy) is 1. The first kappa shape index (κ1) is 19.3. The van der Waals surface area contributed by atoms with Crippen molar-refractivity contribution in [3.63, 3.8) is 0 Å². The number of rotatable bonds is 10. The van der Waals surface area contributed by atoms with Gasteiger partial charge in [-0.3, -0.25) is 4.79 Å². The summed E-state index contributed by atoms with van der Waals surface area (Å²) in [7, 11) is 1.61. The van der Waals surface area contributed by atoms with E-state index in [1.165, 1.54) is 11.8 Å². The predicted molar refractivity (Wildman–Crippen MR) is 97.8 cm³/mol. The maximum Gasteiger partial charge on any atom is 0.277 e. The van der Waals surface area contributed by atoms with E-state index in [1.807, 2.05) is 24.3 Å². The highest BCUT2D eigenvalue weighted by Crippen LogP contribution is 2.24. The van der Waals surface area contributed by atoms with Crippen LogP contribution in [0.4, 0.5) is 0 Å². The van der Waals surface area contributed by atoms with Gasteiger partial charge in [0.25, 0.3) is 5.22 Å². The van der Waals surface area contributed by atoms with Gasteiger partial charge in [0.15, 0.2) is 0 Å². The van der Waals surface area contributed by atoms with E-state index >= 15 is 0 Å². The fourth-order valence-electron chi connectivity index (χ4n) is 2.19. The van der Waals surface area contributed by atoms with Crippen LogP contribution in [0.15, 0.2) is 33.9 Å². The lowest BCUT2D eigenvalue weighted by Gasteiger charge is -2.17. The highest BCUT2D eigenvalue weighted by Gasteiger charge is 2.11. The minimum atomic E-state index is -0.0404. The van der Waals surface area contributed by atoms with Crippen LogP contribution in [0.25, 0.3) is 11.5 Å². The number of carbonyl (C=O) groups is 1. The van der Waals surface area contributed by atoms with Crippen LogP contribution < -0.4 is 10.1 Å². The fourth-order valence-corrected chi connectivity index (χ4v) is 2.78. The zero-order valence-electron chi connectivity index (χ0n) is 14.8. The Hall–Kier alpha value is -2.06. The van der Waals surface area contributed by atoms with Crippen LogP contribution in [0.3, 0.4) is 0 Å². The van der Waals surface area contributed by atoms with Crippen molar-refractivity contribution >= 4 is 17.7 Å². The van der Waals surface area contributed by atoms with Crippen LogP contribution in [0.5, 0.6) is 5.75 Å². The number of benzene rings is 1. The summed E-state index contributed by atoms with van der Waals surface area (Å²) in [6, 6.07) is 7.35. The van der Waals surface area contributed by atoms with Gasteiger partial charge in [0, 0.05) is 18.7 Å². The molecular weight excluding hydrogens is 340 g/mol. The van der Waals surface area contributed by atoms with Crippen molar-refractivity contribution in [2.45, 2.75) is 19.1 Å². The molecule has 0 bridgehead atoms. The quantitative estimate of drug-likeness (QED) is 0.648. The summed E-state index contributed by atoms with van der Waals surface area (Å²) in [5, 5.41) is 11.3. The number of amides is 1. The van der Waals surface area contributed by atoms with Gasteiger partial charge in [-0.1, -0.05) is 25.6 Å². The molecule has 2 aromatic rings. The summed E-state index contributed by atoms with van der Waals surface area (Å²) in [4.78, 5) is 14.1. The molecule has 0 saturated carbocycles. The molecule has 7 nitrogen and oxygen atoms in total. The second-order valence-corrected chi connectivity index (χ2v) is 6.19. The van der Waals surface area contributed by atoms with Crippen molar-refractivity contribution in [1.29, 1.82) is 0 Å². The third-order valence-electron chi connectivity index (χ3n) is 3.71. The van der Waals surface area contributed by atoms with E-state index < -0.39 is 0 Å². The number of hydrogen-bond donors (Lipinski definition) is 1. The van der Waals surface area contributed by atoms with E-state index in [0.29, 0.717) is 17.7 Å². The zero-order chi connectivity index (χ0) is 18.1. The standard InChI is InChI=1S/C17H24N4O3S/c1-4-21(5-2)11-10-18-15(22)12-25-17-20-19-16(24-17)13-6-8-14(23-3)9-7-13/h6-9H,4-5,10-12H2,1-3H3,(H,18,22). The third kappa shape index (κ3) is 6.06. The van der Waals surface area contributed by atoms with Gasteiger partial charge in [0.2, 0.25) is 11.8 Å². The van der Waals surface area contributed by atoms with E-state index in [-0.39, 0.29) is 11.7 Å². The number of nitrogens with zero attached hydrogens (tertiary/aromatic N) is 3. The highest BCUT2D eigenvalue weighted by molar-refractivity contribution is 7.99. The Bertz CT molecular complexity index is 656. The lowest BCUT2D eigenvalue weighted by Crippen LogP contribution is -2.35. The van der Waals surface area contributed by atoms with Gasteiger partial charge in [-0.25, -0.2) is 0 Å². The van der Waals surface area contributed by atoms with E-state index in [0.717, 1.165) is 30.9 Å². The molecule has 1 heterocycles. The Kier molecular flexibility index (Phi) is 7.75. The van der Waals surface area contributed by atoms with E-state index in [2.05, 4.69) is 34.3 Å². The number of hydrogen-bond acceptors (Lipinski definition) is 7. The molecule has 0 fully saturated rings. The monoisotopic (exact) mass is 364 g/mol. The first-order chi connectivity index (χ1) is 12.2. The van der Waals surface area contributed by atoms with Gasteiger partial charge in [-0.2, -0.15) is 0 Å². The summed E-state index contributed by atoms with van der Waals surface area (Å²) in [5.74, 6) is 1.40. The molecule has 1 amide bonds. The van der Waals surface area contributed by atoms with Gasteiger partial charge < -0.3 is 19.4 Å². The van der Waals surface area contributed by atoms with Crippen molar-refractivity contribution in [1.82, 2.24) is 20.4 Å². The number of methoxy groups -OCH3 is 1. The maximum absolute atomic E-state index is 11.9. The minimum absolute atomic E-state index is 0.0404. The molecule has 0 spiro atoms. The van der Waals surface area contributed by atoms with Crippen LogP contribution >= 0.6 is 11.8 Å². The van der Waals surface area contributed by atoms with Gasteiger partial charge in [0.1, 0.15) is 5.75 Å². The highest BCUT2D eigenvalue weighted by atomic mass is 32.2. The first-order valence-corrected chi connectivity index (χ1v) is 9.24. The molecule has 0 atom stereocenters.